The third-order valence-corrected chi connectivity index (χ3v) is 3.13. The van der Waals surface area contributed by atoms with Gasteiger partial charge in [-0.1, -0.05) is 18.2 Å². The molecule has 0 amide bonds. The maximum atomic E-state index is 13.4. The predicted octanol–water partition coefficient (Wildman–Crippen LogP) is 4.09. The van der Waals surface area contributed by atoms with E-state index in [0.29, 0.717) is 0 Å². The highest BCUT2D eigenvalue weighted by molar-refractivity contribution is 6.02. The second kappa shape index (κ2) is 6.68. The number of carbonyl (C=O) groups excluding carboxylic acids is 2. The Hall–Kier alpha value is -2.57. The van der Waals surface area contributed by atoms with Crippen molar-refractivity contribution in [2.24, 2.45) is 0 Å². The maximum Gasteiger partial charge on any atom is 0.417 e. The third kappa shape index (κ3) is 4.00. The summed E-state index contributed by atoms with van der Waals surface area (Å²) in [7, 11) is 0. The Morgan fingerprint density at radius 2 is 1.61 bits per heavy atom. The van der Waals surface area contributed by atoms with Crippen LogP contribution >= 0.6 is 0 Å². The summed E-state index contributed by atoms with van der Waals surface area (Å²) in [6.45, 7) is 0. The Morgan fingerprint density at radius 3 is 2.26 bits per heavy atom. The zero-order valence-corrected chi connectivity index (χ0v) is 11.7. The monoisotopic (exact) mass is 325 g/mol. The summed E-state index contributed by atoms with van der Waals surface area (Å²) >= 11 is 0. The molecule has 0 saturated heterocycles. The minimum atomic E-state index is -4.66. The van der Waals surface area contributed by atoms with Gasteiger partial charge in [-0.25, -0.2) is 4.39 Å². The average molecular weight is 325 g/mol. The first-order chi connectivity index (χ1) is 10.8. The van der Waals surface area contributed by atoms with Crippen LogP contribution in [-0.4, -0.2) is 16.6 Å². The van der Waals surface area contributed by atoms with Gasteiger partial charge in [0.2, 0.25) is 0 Å². The fraction of sp³-hybridized carbons (Fsp3) is 0.188. The number of hydrogen-bond donors (Lipinski definition) is 0. The van der Waals surface area contributed by atoms with Crippen LogP contribution in [0.3, 0.4) is 0 Å². The third-order valence-electron chi connectivity index (χ3n) is 3.13. The molecule has 1 heterocycles. The lowest BCUT2D eigenvalue weighted by atomic mass is 9.98. The van der Waals surface area contributed by atoms with E-state index >= 15 is 0 Å². The molecule has 0 atom stereocenters. The Kier molecular flexibility index (Phi) is 4.88. The van der Waals surface area contributed by atoms with Crippen LogP contribution in [0.25, 0.3) is 0 Å². The Balaban J connectivity index is 2.12. The van der Waals surface area contributed by atoms with Crippen LogP contribution < -0.4 is 0 Å². The fourth-order valence-corrected chi connectivity index (χ4v) is 2.04. The van der Waals surface area contributed by atoms with Crippen LogP contribution in [0, 0.1) is 5.82 Å². The van der Waals surface area contributed by atoms with Crippen molar-refractivity contribution >= 4 is 11.6 Å². The summed E-state index contributed by atoms with van der Waals surface area (Å²) in [6, 6.07) is 6.68. The van der Waals surface area contributed by atoms with Gasteiger partial charge in [-0.2, -0.15) is 13.2 Å². The molecule has 23 heavy (non-hydrogen) atoms. The summed E-state index contributed by atoms with van der Waals surface area (Å²) < 4.78 is 51.9. The molecule has 0 bridgehead atoms. The van der Waals surface area contributed by atoms with Gasteiger partial charge in [0.25, 0.3) is 0 Å². The van der Waals surface area contributed by atoms with Crippen molar-refractivity contribution in [1.82, 2.24) is 4.98 Å². The number of hydrogen-bond acceptors (Lipinski definition) is 3. The van der Waals surface area contributed by atoms with Gasteiger partial charge < -0.3 is 0 Å². The summed E-state index contributed by atoms with van der Waals surface area (Å²) in [4.78, 5) is 27.3. The van der Waals surface area contributed by atoms with Crippen molar-refractivity contribution in [1.29, 1.82) is 0 Å². The predicted molar refractivity (Wildman–Crippen MR) is 73.5 cm³/mol. The second-order valence-corrected chi connectivity index (χ2v) is 4.72. The van der Waals surface area contributed by atoms with Gasteiger partial charge in [0.1, 0.15) is 5.69 Å². The number of pyridine rings is 1. The number of alkyl halides is 3. The standard InChI is InChI=1S/C16H11F4NO2/c17-12-6-3-9-21-15(12)14(23)8-7-13(22)10-4-1-2-5-11(10)16(18,19)20/h1-6,9H,7-8H2. The minimum absolute atomic E-state index is 0.418. The maximum absolute atomic E-state index is 13.4. The number of rotatable bonds is 5. The highest BCUT2D eigenvalue weighted by Gasteiger charge is 2.34. The first kappa shape index (κ1) is 16.8. The Bertz CT molecular complexity index is 741. The molecule has 2 rings (SSSR count). The lowest BCUT2D eigenvalue weighted by Gasteiger charge is -2.11. The smallest absolute Gasteiger partial charge is 0.294 e. The van der Waals surface area contributed by atoms with Crippen LogP contribution in [0.1, 0.15) is 39.3 Å². The lowest BCUT2D eigenvalue weighted by Crippen LogP contribution is -2.14. The molecule has 120 valence electrons. The summed E-state index contributed by atoms with van der Waals surface area (Å²) in [6.07, 6.45) is -4.32. The quantitative estimate of drug-likeness (QED) is 0.614. The number of nitrogens with zero attached hydrogens (tertiary/aromatic N) is 1. The van der Waals surface area contributed by atoms with Gasteiger partial charge in [0.15, 0.2) is 17.4 Å². The molecule has 3 nitrogen and oxygen atoms in total. The SMILES string of the molecule is O=C(CCC(=O)c1ncccc1F)c1ccccc1C(F)(F)F. The first-order valence-electron chi connectivity index (χ1n) is 6.64. The van der Waals surface area contributed by atoms with E-state index in [-0.39, 0.29) is 0 Å². The molecule has 1 aromatic heterocycles. The number of carbonyl (C=O) groups is 2. The summed E-state index contributed by atoms with van der Waals surface area (Å²) in [5.41, 5.74) is -1.99. The molecule has 0 spiro atoms. The van der Waals surface area contributed by atoms with Crippen LogP contribution in [0.15, 0.2) is 42.6 Å². The summed E-state index contributed by atoms with van der Waals surface area (Å²) in [5, 5.41) is 0. The second-order valence-electron chi connectivity index (χ2n) is 4.72. The van der Waals surface area contributed by atoms with Gasteiger partial charge >= 0.3 is 6.18 Å². The highest BCUT2D eigenvalue weighted by atomic mass is 19.4. The zero-order chi connectivity index (χ0) is 17.0. The molecule has 0 N–H and O–H groups in total. The number of Topliss-reactive ketones (excluding diaryl/α,β-unsaturated/α-hetero) is 2. The lowest BCUT2D eigenvalue weighted by molar-refractivity contribution is -0.137. The molecule has 0 aliphatic carbocycles. The largest absolute Gasteiger partial charge is 0.417 e. The molecular formula is C16H11F4NO2. The molecule has 0 aliphatic rings. The van der Waals surface area contributed by atoms with Crippen LogP contribution in [0.4, 0.5) is 17.6 Å². The van der Waals surface area contributed by atoms with Crippen molar-refractivity contribution in [2.75, 3.05) is 0 Å². The fourth-order valence-electron chi connectivity index (χ4n) is 2.04. The van der Waals surface area contributed by atoms with E-state index in [4.69, 9.17) is 0 Å². The van der Waals surface area contributed by atoms with E-state index in [2.05, 4.69) is 4.98 Å². The molecule has 1 aromatic carbocycles. The molecule has 0 saturated carbocycles. The number of benzene rings is 1. The molecule has 2 aromatic rings. The highest BCUT2D eigenvalue weighted by Crippen LogP contribution is 2.32. The Labute approximate surface area is 129 Å². The van der Waals surface area contributed by atoms with Gasteiger partial charge in [0, 0.05) is 24.6 Å². The number of aromatic nitrogens is 1. The van der Waals surface area contributed by atoms with Gasteiger partial charge in [-0.05, 0) is 18.2 Å². The molecule has 0 aliphatic heterocycles. The first-order valence-corrected chi connectivity index (χ1v) is 6.64. The Morgan fingerprint density at radius 1 is 0.957 bits per heavy atom. The topological polar surface area (TPSA) is 47.0 Å². The van der Waals surface area contributed by atoms with Crippen molar-refractivity contribution < 1.29 is 27.2 Å². The van der Waals surface area contributed by atoms with E-state index < -0.39 is 53.2 Å². The molecule has 0 fully saturated rings. The molecule has 0 radical (unpaired) electrons. The van der Waals surface area contributed by atoms with E-state index in [9.17, 15) is 27.2 Å². The normalized spacial score (nSPS) is 11.3. The van der Waals surface area contributed by atoms with Crippen molar-refractivity contribution in [3.05, 3.63) is 65.2 Å². The zero-order valence-electron chi connectivity index (χ0n) is 11.7. The van der Waals surface area contributed by atoms with Gasteiger partial charge in [0.05, 0.1) is 5.56 Å². The minimum Gasteiger partial charge on any atom is -0.294 e. The van der Waals surface area contributed by atoms with Crippen molar-refractivity contribution in [2.45, 2.75) is 19.0 Å². The molecular weight excluding hydrogens is 314 g/mol. The van der Waals surface area contributed by atoms with E-state index in [1.54, 1.807) is 0 Å². The van der Waals surface area contributed by atoms with Gasteiger partial charge in [-0.15, -0.1) is 0 Å². The molecule has 0 unspecified atom stereocenters. The summed E-state index contributed by atoms with van der Waals surface area (Å²) in [5.74, 6) is -2.40. The van der Waals surface area contributed by atoms with Crippen molar-refractivity contribution in [3.63, 3.8) is 0 Å². The number of ketones is 2. The van der Waals surface area contributed by atoms with Crippen LogP contribution in [0.2, 0.25) is 0 Å². The van der Waals surface area contributed by atoms with Crippen LogP contribution in [-0.2, 0) is 6.18 Å². The van der Waals surface area contributed by atoms with Gasteiger partial charge in [-0.3, -0.25) is 14.6 Å². The van der Waals surface area contributed by atoms with E-state index in [0.717, 1.165) is 18.2 Å². The van der Waals surface area contributed by atoms with Crippen molar-refractivity contribution in [3.8, 4) is 0 Å². The molecule has 7 heteroatoms. The number of halogens is 4. The van der Waals surface area contributed by atoms with E-state index in [1.807, 2.05) is 0 Å². The van der Waals surface area contributed by atoms with E-state index in [1.165, 1.54) is 24.4 Å². The average Bonchev–Trinajstić information content (AvgIpc) is 2.52. The van der Waals surface area contributed by atoms with Crippen LogP contribution in [0.5, 0.6) is 0 Å².